The number of rotatable bonds is 7. The second-order valence-corrected chi connectivity index (χ2v) is 6.93. The van der Waals surface area contributed by atoms with Crippen LogP contribution in [0.25, 0.3) is 0 Å². The fourth-order valence-electron chi connectivity index (χ4n) is 3.19. The van der Waals surface area contributed by atoms with E-state index in [1.165, 1.54) is 32.1 Å². The van der Waals surface area contributed by atoms with Gasteiger partial charge < -0.3 is 10.1 Å². The molecule has 0 aromatic rings. The number of hydrogen-bond donors (Lipinski definition) is 1. The molecule has 0 aromatic heterocycles. The molecule has 0 spiro atoms. The molecule has 0 aromatic carbocycles. The molecular formula is C16H33NO. The zero-order chi connectivity index (χ0) is 13.6. The molecular weight excluding hydrogens is 222 g/mol. The van der Waals surface area contributed by atoms with Crippen LogP contribution >= 0.6 is 0 Å². The van der Waals surface area contributed by atoms with Crippen LogP contribution in [0, 0.1) is 11.8 Å². The normalized spacial score (nSPS) is 25.7. The Morgan fingerprint density at radius 2 is 2.00 bits per heavy atom. The molecule has 1 aliphatic carbocycles. The average molecular weight is 255 g/mol. The van der Waals surface area contributed by atoms with E-state index >= 15 is 0 Å². The first-order valence-electron chi connectivity index (χ1n) is 7.80. The van der Waals surface area contributed by atoms with E-state index in [1.807, 2.05) is 0 Å². The highest BCUT2D eigenvalue weighted by atomic mass is 16.5. The minimum Gasteiger partial charge on any atom is -0.375 e. The van der Waals surface area contributed by atoms with Crippen molar-refractivity contribution in [3.63, 3.8) is 0 Å². The fourth-order valence-corrected chi connectivity index (χ4v) is 3.19. The van der Waals surface area contributed by atoms with Crippen molar-refractivity contribution in [2.45, 2.75) is 78.4 Å². The number of ether oxygens (including phenoxy) is 1. The first-order valence-corrected chi connectivity index (χ1v) is 7.80. The molecule has 0 aliphatic heterocycles. The molecule has 18 heavy (non-hydrogen) atoms. The minimum atomic E-state index is -0.0280. The Kier molecular flexibility index (Phi) is 6.65. The molecule has 0 radical (unpaired) electrons. The molecule has 2 unspecified atom stereocenters. The minimum absolute atomic E-state index is 0.0280. The highest BCUT2D eigenvalue weighted by Crippen LogP contribution is 2.29. The molecule has 0 saturated heterocycles. The lowest BCUT2D eigenvalue weighted by Gasteiger charge is -2.34. The summed E-state index contributed by atoms with van der Waals surface area (Å²) < 4.78 is 5.75. The number of nitrogens with one attached hydrogen (secondary N) is 1. The third kappa shape index (κ3) is 6.19. The summed E-state index contributed by atoms with van der Waals surface area (Å²) in [6, 6.07) is 0.710. The second kappa shape index (κ2) is 7.49. The maximum absolute atomic E-state index is 5.75. The van der Waals surface area contributed by atoms with Crippen LogP contribution < -0.4 is 5.32 Å². The molecule has 2 nitrogen and oxygen atoms in total. The van der Waals surface area contributed by atoms with Crippen molar-refractivity contribution in [3.8, 4) is 0 Å². The van der Waals surface area contributed by atoms with Crippen LogP contribution in [0.1, 0.15) is 66.7 Å². The van der Waals surface area contributed by atoms with Gasteiger partial charge in [-0.05, 0) is 51.9 Å². The van der Waals surface area contributed by atoms with Gasteiger partial charge in [0.05, 0.1) is 5.60 Å². The standard InChI is InChI=1S/C16H33NO/c1-6-18-16(4,5)12-17-15-9-7-8-14(11-15)10-13(2)3/h13-15,17H,6-12H2,1-5H3. The molecule has 1 aliphatic rings. The highest BCUT2D eigenvalue weighted by molar-refractivity contribution is 4.81. The molecule has 1 fully saturated rings. The monoisotopic (exact) mass is 255 g/mol. The third-order valence-corrected chi connectivity index (χ3v) is 3.94. The molecule has 2 heteroatoms. The zero-order valence-electron chi connectivity index (χ0n) is 13.1. The van der Waals surface area contributed by atoms with Crippen LogP contribution in [0.3, 0.4) is 0 Å². The Morgan fingerprint density at radius 3 is 2.61 bits per heavy atom. The van der Waals surface area contributed by atoms with Gasteiger partial charge in [0, 0.05) is 19.2 Å². The first kappa shape index (κ1) is 16.0. The molecule has 1 saturated carbocycles. The van der Waals surface area contributed by atoms with E-state index in [0.29, 0.717) is 6.04 Å². The summed E-state index contributed by atoms with van der Waals surface area (Å²) in [6.45, 7) is 12.9. The molecule has 0 bridgehead atoms. The average Bonchev–Trinajstić information content (AvgIpc) is 2.26. The van der Waals surface area contributed by atoms with Gasteiger partial charge in [0.2, 0.25) is 0 Å². The largest absolute Gasteiger partial charge is 0.375 e. The quantitative estimate of drug-likeness (QED) is 0.742. The maximum atomic E-state index is 5.75. The summed E-state index contributed by atoms with van der Waals surface area (Å²) in [5, 5.41) is 3.72. The van der Waals surface area contributed by atoms with Gasteiger partial charge in [0.15, 0.2) is 0 Å². The maximum Gasteiger partial charge on any atom is 0.0750 e. The lowest BCUT2D eigenvalue weighted by Crippen LogP contribution is -2.44. The lowest BCUT2D eigenvalue weighted by atomic mass is 9.81. The zero-order valence-corrected chi connectivity index (χ0v) is 13.1. The van der Waals surface area contributed by atoms with E-state index in [2.05, 4.69) is 39.9 Å². The van der Waals surface area contributed by atoms with Crippen LogP contribution in [0.5, 0.6) is 0 Å². The molecule has 1 rings (SSSR count). The highest BCUT2D eigenvalue weighted by Gasteiger charge is 2.25. The molecule has 0 heterocycles. The molecule has 0 amide bonds. The van der Waals surface area contributed by atoms with Gasteiger partial charge in [-0.15, -0.1) is 0 Å². The second-order valence-electron chi connectivity index (χ2n) is 6.93. The Labute approximate surface area is 114 Å². The van der Waals surface area contributed by atoms with Crippen molar-refractivity contribution in [3.05, 3.63) is 0 Å². The van der Waals surface area contributed by atoms with Gasteiger partial charge >= 0.3 is 0 Å². The van der Waals surface area contributed by atoms with E-state index in [9.17, 15) is 0 Å². The van der Waals surface area contributed by atoms with Crippen molar-refractivity contribution < 1.29 is 4.74 Å². The van der Waals surface area contributed by atoms with Crippen molar-refractivity contribution in [1.82, 2.24) is 5.32 Å². The van der Waals surface area contributed by atoms with E-state index in [-0.39, 0.29) is 5.60 Å². The van der Waals surface area contributed by atoms with E-state index in [1.54, 1.807) is 0 Å². The molecule has 108 valence electrons. The van der Waals surface area contributed by atoms with Gasteiger partial charge in [0.25, 0.3) is 0 Å². The van der Waals surface area contributed by atoms with E-state index in [0.717, 1.165) is 25.0 Å². The van der Waals surface area contributed by atoms with Gasteiger partial charge in [-0.2, -0.15) is 0 Å². The first-order chi connectivity index (χ1) is 8.43. The van der Waals surface area contributed by atoms with Crippen molar-refractivity contribution in [2.75, 3.05) is 13.2 Å². The van der Waals surface area contributed by atoms with Crippen LogP contribution in [0.4, 0.5) is 0 Å². The summed E-state index contributed by atoms with van der Waals surface area (Å²) in [5.74, 6) is 1.78. The summed E-state index contributed by atoms with van der Waals surface area (Å²) >= 11 is 0. The topological polar surface area (TPSA) is 21.3 Å². The predicted octanol–water partition coefficient (Wildman–Crippen LogP) is 4.00. The van der Waals surface area contributed by atoms with E-state index in [4.69, 9.17) is 4.74 Å². The number of hydrogen-bond acceptors (Lipinski definition) is 2. The Morgan fingerprint density at radius 1 is 1.28 bits per heavy atom. The summed E-state index contributed by atoms with van der Waals surface area (Å²) in [7, 11) is 0. The van der Waals surface area contributed by atoms with Crippen molar-refractivity contribution in [2.24, 2.45) is 11.8 Å². The Hall–Kier alpha value is -0.0800. The molecule has 1 N–H and O–H groups in total. The van der Waals surface area contributed by atoms with Gasteiger partial charge in [-0.3, -0.25) is 0 Å². The van der Waals surface area contributed by atoms with E-state index < -0.39 is 0 Å². The Bertz CT molecular complexity index is 225. The molecule has 2 atom stereocenters. The predicted molar refractivity (Wildman–Crippen MR) is 78.9 cm³/mol. The summed E-state index contributed by atoms with van der Waals surface area (Å²) in [4.78, 5) is 0. The van der Waals surface area contributed by atoms with Crippen LogP contribution in [-0.2, 0) is 4.74 Å². The Balaban J connectivity index is 2.29. The fraction of sp³-hybridized carbons (Fsp3) is 1.00. The lowest BCUT2D eigenvalue weighted by molar-refractivity contribution is -0.0119. The summed E-state index contributed by atoms with van der Waals surface area (Å²) in [5.41, 5.74) is -0.0280. The van der Waals surface area contributed by atoms with Crippen LogP contribution in [-0.4, -0.2) is 24.8 Å². The van der Waals surface area contributed by atoms with Gasteiger partial charge in [-0.25, -0.2) is 0 Å². The smallest absolute Gasteiger partial charge is 0.0750 e. The SMILES string of the molecule is CCOC(C)(C)CNC1CCCC(CC(C)C)C1. The van der Waals surface area contributed by atoms with Gasteiger partial charge in [-0.1, -0.05) is 26.7 Å². The van der Waals surface area contributed by atoms with Gasteiger partial charge in [0.1, 0.15) is 0 Å². The third-order valence-electron chi connectivity index (χ3n) is 3.94. The van der Waals surface area contributed by atoms with Crippen LogP contribution in [0.2, 0.25) is 0 Å². The van der Waals surface area contributed by atoms with Crippen LogP contribution in [0.15, 0.2) is 0 Å². The van der Waals surface area contributed by atoms with Crippen molar-refractivity contribution >= 4 is 0 Å². The summed E-state index contributed by atoms with van der Waals surface area (Å²) in [6.07, 6.45) is 6.93. The van der Waals surface area contributed by atoms with Crippen molar-refractivity contribution in [1.29, 1.82) is 0 Å².